The minimum Gasteiger partial charge on any atom is -0.507 e. The number of likely N-dealkylation sites (tertiary alicyclic amines) is 1. The molecule has 1 amide bonds. The number of carbonyl (C=O) groups is 2. The second kappa shape index (κ2) is 8.55. The van der Waals surface area contributed by atoms with E-state index in [1.54, 1.807) is 36.4 Å². The van der Waals surface area contributed by atoms with E-state index in [2.05, 4.69) is 29.8 Å². The normalized spacial score (nSPS) is 18.2. The van der Waals surface area contributed by atoms with Crippen LogP contribution in [0.2, 0.25) is 0 Å². The SMILES string of the molecule is CC(C)c1ccc(C2C(=C(O)c3ccc(Br)cc3)C(=O)C(=O)N2Cc2ccco2)cc1. The lowest BCUT2D eigenvalue weighted by Crippen LogP contribution is -2.29. The summed E-state index contributed by atoms with van der Waals surface area (Å²) in [5, 5.41) is 11.1. The molecule has 2 aromatic carbocycles. The molecule has 0 bridgehead atoms. The number of hydrogen-bond acceptors (Lipinski definition) is 4. The van der Waals surface area contributed by atoms with Crippen LogP contribution in [0.4, 0.5) is 0 Å². The fourth-order valence-corrected chi connectivity index (χ4v) is 4.05. The Kier molecular flexibility index (Phi) is 5.83. The minimum absolute atomic E-state index is 0.0798. The molecule has 1 fully saturated rings. The molecule has 31 heavy (non-hydrogen) atoms. The van der Waals surface area contributed by atoms with Gasteiger partial charge < -0.3 is 14.4 Å². The molecule has 3 aromatic rings. The molecule has 1 aliphatic heterocycles. The van der Waals surface area contributed by atoms with Crippen LogP contribution in [-0.4, -0.2) is 21.7 Å². The molecule has 158 valence electrons. The molecule has 1 saturated heterocycles. The first-order valence-corrected chi connectivity index (χ1v) is 10.8. The first kappa shape index (κ1) is 21.1. The van der Waals surface area contributed by atoms with Gasteiger partial charge in [0, 0.05) is 10.0 Å². The number of aliphatic hydroxyl groups is 1. The number of carbonyl (C=O) groups excluding carboxylic acids is 2. The van der Waals surface area contributed by atoms with Gasteiger partial charge in [0.1, 0.15) is 11.5 Å². The van der Waals surface area contributed by atoms with Gasteiger partial charge in [-0.3, -0.25) is 9.59 Å². The van der Waals surface area contributed by atoms with Gasteiger partial charge in [-0.05, 0) is 41.3 Å². The third kappa shape index (κ3) is 4.08. The van der Waals surface area contributed by atoms with Crippen LogP contribution < -0.4 is 0 Å². The number of Topliss-reactive ketones (excluding diaryl/α,β-unsaturated/α-hetero) is 1. The fraction of sp³-hybridized carbons (Fsp3) is 0.200. The quantitative estimate of drug-likeness (QED) is 0.285. The van der Waals surface area contributed by atoms with Crippen molar-refractivity contribution in [2.75, 3.05) is 0 Å². The van der Waals surface area contributed by atoms with Crippen LogP contribution in [0.25, 0.3) is 5.76 Å². The molecule has 1 unspecified atom stereocenters. The maximum absolute atomic E-state index is 13.0. The predicted molar refractivity (Wildman–Crippen MR) is 121 cm³/mol. The van der Waals surface area contributed by atoms with E-state index in [1.807, 2.05) is 24.3 Å². The van der Waals surface area contributed by atoms with Gasteiger partial charge in [0.25, 0.3) is 11.7 Å². The van der Waals surface area contributed by atoms with Crippen molar-refractivity contribution in [3.05, 3.63) is 99.4 Å². The Hall–Kier alpha value is -3.12. The number of rotatable bonds is 5. The van der Waals surface area contributed by atoms with E-state index in [0.717, 1.165) is 15.6 Å². The zero-order chi connectivity index (χ0) is 22.1. The molecule has 6 heteroatoms. The van der Waals surface area contributed by atoms with Crippen molar-refractivity contribution in [3.8, 4) is 0 Å². The highest BCUT2D eigenvalue weighted by Gasteiger charge is 2.46. The average Bonchev–Trinajstić information content (AvgIpc) is 3.36. The Bertz CT molecular complexity index is 1130. The number of nitrogens with zero attached hydrogens (tertiary/aromatic N) is 1. The topological polar surface area (TPSA) is 70.8 Å². The zero-order valence-electron chi connectivity index (χ0n) is 17.2. The summed E-state index contributed by atoms with van der Waals surface area (Å²) in [6.07, 6.45) is 1.53. The van der Waals surface area contributed by atoms with Crippen LogP contribution in [0.15, 0.2) is 81.4 Å². The van der Waals surface area contributed by atoms with Crippen LogP contribution in [0.1, 0.15) is 48.3 Å². The van der Waals surface area contributed by atoms with Crippen molar-refractivity contribution in [2.24, 2.45) is 0 Å². The largest absolute Gasteiger partial charge is 0.507 e. The summed E-state index contributed by atoms with van der Waals surface area (Å²) in [5.41, 5.74) is 2.47. The summed E-state index contributed by atoms with van der Waals surface area (Å²) < 4.78 is 6.27. The number of halogens is 1. The number of aliphatic hydroxyl groups excluding tert-OH is 1. The van der Waals surface area contributed by atoms with Crippen LogP contribution in [-0.2, 0) is 16.1 Å². The van der Waals surface area contributed by atoms with Gasteiger partial charge in [-0.1, -0.05) is 66.2 Å². The van der Waals surface area contributed by atoms with Crippen molar-refractivity contribution < 1.29 is 19.1 Å². The van der Waals surface area contributed by atoms with Crippen LogP contribution in [0.5, 0.6) is 0 Å². The van der Waals surface area contributed by atoms with E-state index in [1.165, 1.54) is 11.2 Å². The number of furan rings is 1. The number of benzene rings is 2. The van der Waals surface area contributed by atoms with E-state index in [-0.39, 0.29) is 17.9 Å². The number of ketones is 1. The van der Waals surface area contributed by atoms with Gasteiger partial charge >= 0.3 is 0 Å². The Balaban J connectivity index is 1.84. The van der Waals surface area contributed by atoms with Gasteiger partial charge in [0.05, 0.1) is 24.4 Å². The summed E-state index contributed by atoms with van der Waals surface area (Å²) >= 11 is 3.37. The smallest absolute Gasteiger partial charge is 0.296 e. The average molecular weight is 480 g/mol. The van der Waals surface area contributed by atoms with Crippen LogP contribution in [0.3, 0.4) is 0 Å². The van der Waals surface area contributed by atoms with Gasteiger partial charge in [-0.2, -0.15) is 0 Å². The van der Waals surface area contributed by atoms with Gasteiger partial charge in [0.2, 0.25) is 0 Å². The highest BCUT2D eigenvalue weighted by molar-refractivity contribution is 9.10. The van der Waals surface area contributed by atoms with Crippen LogP contribution in [0, 0.1) is 0 Å². The third-order valence-electron chi connectivity index (χ3n) is 5.48. The van der Waals surface area contributed by atoms with Crippen LogP contribution >= 0.6 is 15.9 Å². The summed E-state index contributed by atoms with van der Waals surface area (Å²) in [5.74, 6) is -0.635. The first-order valence-electron chi connectivity index (χ1n) is 10.0. The molecule has 4 rings (SSSR count). The van der Waals surface area contributed by atoms with Gasteiger partial charge in [0.15, 0.2) is 0 Å². The second-order valence-corrected chi connectivity index (χ2v) is 8.75. The Morgan fingerprint density at radius 1 is 1.06 bits per heavy atom. The van der Waals surface area contributed by atoms with Gasteiger partial charge in [-0.25, -0.2) is 0 Å². The second-order valence-electron chi connectivity index (χ2n) is 7.83. The van der Waals surface area contributed by atoms with Crippen molar-refractivity contribution in [1.29, 1.82) is 0 Å². The summed E-state index contributed by atoms with van der Waals surface area (Å²) in [6.45, 7) is 4.34. The number of amides is 1. The highest BCUT2D eigenvalue weighted by atomic mass is 79.9. The molecular weight excluding hydrogens is 458 g/mol. The standard InChI is InChI=1S/C25H22BrNO4/c1-15(2)16-5-7-17(8-6-16)22-21(23(28)18-9-11-19(26)12-10-18)24(29)25(30)27(22)14-20-4-3-13-31-20/h3-13,15,22,28H,14H2,1-2H3. The molecule has 1 atom stereocenters. The molecule has 1 aromatic heterocycles. The minimum atomic E-state index is -0.713. The molecule has 0 aliphatic carbocycles. The van der Waals surface area contributed by atoms with E-state index in [0.29, 0.717) is 17.2 Å². The molecule has 0 radical (unpaired) electrons. The lowest BCUT2D eigenvalue weighted by molar-refractivity contribution is -0.140. The third-order valence-corrected chi connectivity index (χ3v) is 6.01. The first-order chi connectivity index (χ1) is 14.9. The predicted octanol–water partition coefficient (Wildman–Crippen LogP) is 5.79. The fourth-order valence-electron chi connectivity index (χ4n) is 3.79. The monoisotopic (exact) mass is 479 g/mol. The number of hydrogen-bond donors (Lipinski definition) is 1. The maximum atomic E-state index is 13.0. The molecular formula is C25H22BrNO4. The Morgan fingerprint density at radius 2 is 1.74 bits per heavy atom. The zero-order valence-corrected chi connectivity index (χ0v) is 18.8. The van der Waals surface area contributed by atoms with Crippen molar-refractivity contribution in [3.63, 3.8) is 0 Å². The molecule has 1 N–H and O–H groups in total. The van der Waals surface area contributed by atoms with Crippen molar-refractivity contribution in [2.45, 2.75) is 32.4 Å². The molecule has 5 nitrogen and oxygen atoms in total. The highest BCUT2D eigenvalue weighted by Crippen LogP contribution is 2.40. The molecule has 1 aliphatic rings. The van der Waals surface area contributed by atoms with E-state index >= 15 is 0 Å². The van der Waals surface area contributed by atoms with Crippen molar-refractivity contribution >= 4 is 33.4 Å². The van der Waals surface area contributed by atoms with E-state index in [4.69, 9.17) is 4.42 Å². The Morgan fingerprint density at radius 3 is 2.32 bits per heavy atom. The maximum Gasteiger partial charge on any atom is 0.296 e. The lowest BCUT2D eigenvalue weighted by atomic mass is 9.93. The summed E-state index contributed by atoms with van der Waals surface area (Å²) in [4.78, 5) is 27.5. The molecule has 0 saturated carbocycles. The summed E-state index contributed by atoms with van der Waals surface area (Å²) in [6, 6.07) is 17.6. The van der Waals surface area contributed by atoms with Gasteiger partial charge in [-0.15, -0.1) is 0 Å². The summed E-state index contributed by atoms with van der Waals surface area (Å²) in [7, 11) is 0. The molecule has 0 spiro atoms. The van der Waals surface area contributed by atoms with E-state index in [9.17, 15) is 14.7 Å². The van der Waals surface area contributed by atoms with Crippen molar-refractivity contribution in [1.82, 2.24) is 4.90 Å². The van der Waals surface area contributed by atoms with E-state index < -0.39 is 17.7 Å². The lowest BCUT2D eigenvalue weighted by Gasteiger charge is -2.25. The Labute approximate surface area is 189 Å². The molecule has 2 heterocycles.